The van der Waals surface area contributed by atoms with E-state index in [9.17, 15) is 9.59 Å². The fourth-order valence-corrected chi connectivity index (χ4v) is 1.50. The van der Waals surface area contributed by atoms with Gasteiger partial charge in [-0.15, -0.1) is 0 Å². The molecule has 5 nitrogen and oxygen atoms in total. The molecule has 1 aromatic carbocycles. The molecule has 1 aromatic heterocycles. The summed E-state index contributed by atoms with van der Waals surface area (Å²) < 4.78 is 1.15. The molecule has 0 spiro atoms. The lowest BCUT2D eigenvalue weighted by molar-refractivity contribution is -0.131. The van der Waals surface area contributed by atoms with Gasteiger partial charge >= 0.3 is 5.97 Å². The zero-order chi connectivity index (χ0) is 12.4. The third-order valence-electron chi connectivity index (χ3n) is 2.32. The van der Waals surface area contributed by atoms with Crippen LogP contribution in [0.3, 0.4) is 0 Å². The molecular formula is C12H10N2O3. The van der Waals surface area contributed by atoms with E-state index in [2.05, 4.69) is 4.98 Å². The van der Waals surface area contributed by atoms with Crippen molar-refractivity contribution in [3.8, 4) is 0 Å². The lowest BCUT2D eigenvalue weighted by Gasteiger charge is -2.01. The van der Waals surface area contributed by atoms with E-state index in [1.165, 1.54) is 12.5 Å². The molecule has 86 valence electrons. The minimum Gasteiger partial charge on any atom is -0.478 e. The maximum absolute atomic E-state index is 12.0. The van der Waals surface area contributed by atoms with E-state index in [1.807, 2.05) is 13.0 Å². The van der Waals surface area contributed by atoms with Gasteiger partial charge in [0.1, 0.15) is 6.33 Å². The van der Waals surface area contributed by atoms with Crippen molar-refractivity contribution in [2.24, 2.45) is 0 Å². The van der Waals surface area contributed by atoms with Crippen molar-refractivity contribution in [2.45, 2.75) is 6.92 Å². The minimum atomic E-state index is -1.11. The molecule has 0 amide bonds. The Bertz CT molecular complexity index is 671. The molecule has 2 aromatic rings. The predicted octanol–water partition coefficient (Wildman–Crippen LogP) is 1.26. The monoisotopic (exact) mass is 230 g/mol. The largest absolute Gasteiger partial charge is 0.478 e. The van der Waals surface area contributed by atoms with Gasteiger partial charge < -0.3 is 5.11 Å². The van der Waals surface area contributed by atoms with Crippen molar-refractivity contribution in [2.75, 3.05) is 0 Å². The number of carboxylic acids is 1. The molecular weight excluding hydrogens is 220 g/mol. The summed E-state index contributed by atoms with van der Waals surface area (Å²) in [5.74, 6) is -1.11. The molecule has 0 radical (unpaired) electrons. The average Bonchev–Trinajstić information content (AvgIpc) is 2.29. The van der Waals surface area contributed by atoms with Crippen molar-refractivity contribution in [1.29, 1.82) is 0 Å². The van der Waals surface area contributed by atoms with Gasteiger partial charge in [0.05, 0.1) is 10.9 Å². The van der Waals surface area contributed by atoms with E-state index in [0.29, 0.717) is 10.9 Å². The van der Waals surface area contributed by atoms with Crippen molar-refractivity contribution >= 4 is 23.1 Å². The summed E-state index contributed by atoms with van der Waals surface area (Å²) in [6.07, 6.45) is 3.38. The predicted molar refractivity (Wildman–Crippen MR) is 63.7 cm³/mol. The second kappa shape index (κ2) is 4.21. The van der Waals surface area contributed by atoms with Crippen LogP contribution in [0.1, 0.15) is 5.56 Å². The first-order valence-corrected chi connectivity index (χ1v) is 4.96. The first-order chi connectivity index (χ1) is 8.08. The van der Waals surface area contributed by atoms with E-state index in [-0.39, 0.29) is 5.56 Å². The lowest BCUT2D eigenvalue weighted by Crippen LogP contribution is -2.16. The minimum absolute atomic E-state index is 0.281. The first kappa shape index (κ1) is 11.1. The van der Waals surface area contributed by atoms with Gasteiger partial charge in [0.15, 0.2) is 0 Å². The molecule has 0 fully saturated rings. The molecule has 0 saturated carbocycles. The Balaban J connectivity index is 2.65. The topological polar surface area (TPSA) is 72.2 Å². The molecule has 2 rings (SSSR count). The number of rotatable bonds is 2. The summed E-state index contributed by atoms with van der Waals surface area (Å²) in [6, 6.07) is 5.36. The normalized spacial score (nSPS) is 11.1. The van der Waals surface area contributed by atoms with Crippen LogP contribution in [0.5, 0.6) is 0 Å². The van der Waals surface area contributed by atoms with Crippen LogP contribution in [0.4, 0.5) is 0 Å². The number of carboxylic acid groups (broad SMARTS) is 1. The Morgan fingerprint density at radius 1 is 1.47 bits per heavy atom. The molecule has 0 aliphatic rings. The van der Waals surface area contributed by atoms with Crippen molar-refractivity contribution in [3.63, 3.8) is 0 Å². The summed E-state index contributed by atoms with van der Waals surface area (Å²) in [6.45, 7) is 1.88. The van der Waals surface area contributed by atoms with Crippen LogP contribution in [0.15, 0.2) is 35.4 Å². The number of fused-ring (bicyclic) bond motifs is 1. The van der Waals surface area contributed by atoms with Gasteiger partial charge in [0.2, 0.25) is 0 Å². The highest BCUT2D eigenvalue weighted by atomic mass is 16.4. The molecule has 5 heteroatoms. The molecule has 0 aliphatic heterocycles. The summed E-state index contributed by atoms with van der Waals surface area (Å²) in [7, 11) is 0. The second-order valence-corrected chi connectivity index (χ2v) is 3.63. The van der Waals surface area contributed by atoms with E-state index in [4.69, 9.17) is 5.11 Å². The Hall–Kier alpha value is -2.43. The standard InChI is InChI=1S/C12H10N2O3/c1-8-2-3-10-9(6-8)12(17)14(7-13-10)5-4-11(15)16/h2-7H,1H3,(H,15,16)/b5-4+. The Kier molecular flexibility index (Phi) is 2.74. The van der Waals surface area contributed by atoms with Gasteiger partial charge in [0, 0.05) is 12.3 Å². The number of nitrogens with zero attached hydrogens (tertiary/aromatic N) is 2. The Labute approximate surface area is 96.6 Å². The summed E-state index contributed by atoms with van der Waals surface area (Å²) in [4.78, 5) is 26.4. The quantitative estimate of drug-likeness (QED) is 0.788. The Morgan fingerprint density at radius 3 is 2.94 bits per heavy atom. The average molecular weight is 230 g/mol. The number of aliphatic carboxylic acids is 1. The summed E-state index contributed by atoms with van der Waals surface area (Å²) >= 11 is 0. The van der Waals surface area contributed by atoms with Crippen LogP contribution in [0.25, 0.3) is 17.1 Å². The van der Waals surface area contributed by atoms with Crippen molar-refractivity contribution in [1.82, 2.24) is 9.55 Å². The van der Waals surface area contributed by atoms with E-state index in [0.717, 1.165) is 16.2 Å². The molecule has 1 heterocycles. The fourth-order valence-electron chi connectivity index (χ4n) is 1.50. The van der Waals surface area contributed by atoms with Crippen LogP contribution in [-0.4, -0.2) is 20.6 Å². The van der Waals surface area contributed by atoms with Crippen LogP contribution >= 0.6 is 0 Å². The van der Waals surface area contributed by atoms with Gasteiger partial charge in [-0.25, -0.2) is 9.78 Å². The van der Waals surface area contributed by atoms with Gasteiger partial charge in [-0.3, -0.25) is 9.36 Å². The maximum atomic E-state index is 12.0. The SMILES string of the molecule is Cc1ccc2ncn(/C=C/C(=O)O)c(=O)c2c1. The number of aromatic nitrogens is 2. The maximum Gasteiger partial charge on any atom is 0.329 e. The van der Waals surface area contributed by atoms with E-state index >= 15 is 0 Å². The summed E-state index contributed by atoms with van der Waals surface area (Å²) in [5.41, 5.74) is 1.27. The Morgan fingerprint density at radius 2 is 2.24 bits per heavy atom. The van der Waals surface area contributed by atoms with E-state index in [1.54, 1.807) is 12.1 Å². The third-order valence-corrected chi connectivity index (χ3v) is 2.32. The molecule has 0 unspecified atom stereocenters. The zero-order valence-electron chi connectivity index (χ0n) is 9.12. The number of hydrogen-bond acceptors (Lipinski definition) is 3. The van der Waals surface area contributed by atoms with Gasteiger partial charge in [-0.2, -0.15) is 0 Å². The van der Waals surface area contributed by atoms with Crippen LogP contribution in [-0.2, 0) is 4.79 Å². The highest BCUT2D eigenvalue weighted by molar-refractivity contribution is 5.83. The zero-order valence-corrected chi connectivity index (χ0v) is 9.12. The van der Waals surface area contributed by atoms with Crippen LogP contribution in [0.2, 0.25) is 0 Å². The molecule has 1 N–H and O–H groups in total. The van der Waals surface area contributed by atoms with Gasteiger partial charge in [-0.05, 0) is 19.1 Å². The van der Waals surface area contributed by atoms with Crippen molar-refractivity contribution in [3.05, 3.63) is 46.5 Å². The van der Waals surface area contributed by atoms with E-state index < -0.39 is 5.97 Å². The number of hydrogen-bond donors (Lipinski definition) is 1. The third kappa shape index (κ3) is 2.23. The highest BCUT2D eigenvalue weighted by Gasteiger charge is 2.02. The second-order valence-electron chi connectivity index (χ2n) is 3.63. The summed E-state index contributed by atoms with van der Waals surface area (Å²) in [5, 5.41) is 8.98. The fraction of sp³-hybridized carbons (Fsp3) is 0.0833. The molecule has 0 bridgehead atoms. The lowest BCUT2D eigenvalue weighted by atomic mass is 10.2. The molecule has 0 atom stereocenters. The van der Waals surface area contributed by atoms with Crippen LogP contribution in [0, 0.1) is 6.92 Å². The molecule has 17 heavy (non-hydrogen) atoms. The highest BCUT2D eigenvalue weighted by Crippen LogP contribution is 2.08. The van der Waals surface area contributed by atoms with Gasteiger partial charge in [-0.1, -0.05) is 11.6 Å². The van der Waals surface area contributed by atoms with Gasteiger partial charge in [0.25, 0.3) is 5.56 Å². The molecule has 0 saturated heterocycles. The number of carbonyl (C=O) groups is 1. The smallest absolute Gasteiger partial charge is 0.329 e. The van der Waals surface area contributed by atoms with Crippen LogP contribution < -0.4 is 5.56 Å². The number of aryl methyl sites for hydroxylation is 1. The number of benzene rings is 1. The molecule has 0 aliphatic carbocycles. The first-order valence-electron chi connectivity index (χ1n) is 4.96. The van der Waals surface area contributed by atoms with Crippen molar-refractivity contribution < 1.29 is 9.90 Å².